The molecule has 2 aromatic rings. The molecular formula is C8H4ClIO. The van der Waals surface area contributed by atoms with Crippen LogP contribution < -0.4 is 0 Å². The Morgan fingerprint density at radius 2 is 2.18 bits per heavy atom. The molecule has 1 heterocycles. The first-order valence-electron chi connectivity index (χ1n) is 3.09. The maximum absolute atomic E-state index is 5.77. The normalized spacial score (nSPS) is 10.7. The fraction of sp³-hybridized carbons (Fsp3) is 0. The van der Waals surface area contributed by atoms with Crippen LogP contribution in [0.1, 0.15) is 0 Å². The number of rotatable bonds is 0. The van der Waals surface area contributed by atoms with Crippen molar-refractivity contribution in [2.24, 2.45) is 0 Å². The van der Waals surface area contributed by atoms with Gasteiger partial charge in [0, 0.05) is 16.5 Å². The minimum Gasteiger partial charge on any atom is -0.463 e. The molecule has 0 fully saturated rings. The number of furan rings is 1. The Hall–Kier alpha value is -0.220. The summed E-state index contributed by atoms with van der Waals surface area (Å²) in [5.41, 5.74) is 0.849. The fourth-order valence-corrected chi connectivity index (χ4v) is 1.70. The van der Waals surface area contributed by atoms with E-state index >= 15 is 0 Å². The maximum atomic E-state index is 5.77. The molecule has 0 atom stereocenters. The average Bonchev–Trinajstić information content (AvgIpc) is 2.32. The highest BCUT2D eigenvalue weighted by Crippen LogP contribution is 2.25. The van der Waals surface area contributed by atoms with E-state index in [1.165, 1.54) is 0 Å². The lowest BCUT2D eigenvalue weighted by molar-refractivity contribution is 0.613. The van der Waals surface area contributed by atoms with Gasteiger partial charge >= 0.3 is 0 Å². The van der Waals surface area contributed by atoms with Crippen LogP contribution in [-0.2, 0) is 0 Å². The summed E-state index contributed by atoms with van der Waals surface area (Å²) in [6.45, 7) is 0. The van der Waals surface area contributed by atoms with Gasteiger partial charge in [0.25, 0.3) is 0 Å². The van der Waals surface area contributed by atoms with Gasteiger partial charge in [-0.15, -0.1) is 0 Å². The van der Waals surface area contributed by atoms with Gasteiger partial charge < -0.3 is 4.42 Å². The molecule has 0 aliphatic heterocycles. The molecule has 0 aliphatic carbocycles. The van der Waals surface area contributed by atoms with Crippen LogP contribution in [0.3, 0.4) is 0 Å². The van der Waals surface area contributed by atoms with Gasteiger partial charge in [0.05, 0.1) is 3.57 Å². The molecular weight excluding hydrogens is 274 g/mol. The van der Waals surface area contributed by atoms with Crippen LogP contribution in [0.2, 0.25) is 5.02 Å². The third kappa shape index (κ3) is 1.25. The lowest BCUT2D eigenvalue weighted by atomic mass is 10.3. The Balaban J connectivity index is 2.86. The van der Waals surface area contributed by atoms with E-state index in [1.54, 1.807) is 6.26 Å². The molecule has 11 heavy (non-hydrogen) atoms. The minimum absolute atomic E-state index is 0.711. The second kappa shape index (κ2) is 2.68. The zero-order valence-corrected chi connectivity index (χ0v) is 8.39. The lowest BCUT2D eigenvalue weighted by Gasteiger charge is -1.88. The minimum atomic E-state index is 0.711. The molecule has 56 valence electrons. The van der Waals surface area contributed by atoms with Crippen LogP contribution in [0, 0.1) is 3.57 Å². The molecule has 3 heteroatoms. The summed E-state index contributed by atoms with van der Waals surface area (Å²) in [7, 11) is 0. The topological polar surface area (TPSA) is 13.1 Å². The van der Waals surface area contributed by atoms with E-state index in [9.17, 15) is 0 Å². The Morgan fingerprint density at radius 1 is 1.36 bits per heavy atom. The first kappa shape index (κ1) is 7.43. The third-order valence-corrected chi connectivity index (χ3v) is 2.56. The van der Waals surface area contributed by atoms with Crippen LogP contribution in [0.5, 0.6) is 0 Å². The first-order chi connectivity index (χ1) is 5.27. The van der Waals surface area contributed by atoms with Crippen LogP contribution in [0.4, 0.5) is 0 Å². The summed E-state index contributed by atoms with van der Waals surface area (Å²) < 4.78 is 6.36. The van der Waals surface area contributed by atoms with Gasteiger partial charge in [0.1, 0.15) is 11.8 Å². The average molecular weight is 278 g/mol. The number of fused-ring (bicyclic) bond motifs is 1. The number of benzene rings is 1. The molecule has 0 radical (unpaired) electrons. The summed E-state index contributed by atoms with van der Waals surface area (Å²) in [4.78, 5) is 0. The molecule has 0 saturated heterocycles. The third-order valence-electron chi connectivity index (χ3n) is 1.49. The van der Waals surface area contributed by atoms with E-state index in [0.717, 1.165) is 14.5 Å². The standard InChI is InChI=1S/C8H4ClIO/c9-5-1-2-6-7(10)4-11-8(6)3-5/h1-4H. The Kier molecular flexibility index (Phi) is 1.81. The van der Waals surface area contributed by atoms with Crippen molar-refractivity contribution >= 4 is 45.2 Å². The summed E-state index contributed by atoms with van der Waals surface area (Å²) in [5, 5.41) is 1.83. The van der Waals surface area contributed by atoms with E-state index in [0.29, 0.717) is 5.02 Å². The number of hydrogen-bond donors (Lipinski definition) is 0. The second-order valence-electron chi connectivity index (χ2n) is 2.22. The zero-order chi connectivity index (χ0) is 7.84. The molecule has 0 unspecified atom stereocenters. The van der Waals surface area contributed by atoms with Crippen LogP contribution in [-0.4, -0.2) is 0 Å². The van der Waals surface area contributed by atoms with Crippen molar-refractivity contribution in [2.75, 3.05) is 0 Å². The molecule has 1 aromatic carbocycles. The van der Waals surface area contributed by atoms with E-state index in [2.05, 4.69) is 22.6 Å². The van der Waals surface area contributed by atoms with Crippen molar-refractivity contribution in [3.63, 3.8) is 0 Å². The monoisotopic (exact) mass is 278 g/mol. The van der Waals surface area contributed by atoms with Crippen LogP contribution in [0.25, 0.3) is 11.0 Å². The molecule has 1 aromatic heterocycles. The number of hydrogen-bond acceptors (Lipinski definition) is 1. The van der Waals surface area contributed by atoms with E-state index < -0.39 is 0 Å². The largest absolute Gasteiger partial charge is 0.463 e. The van der Waals surface area contributed by atoms with Crippen molar-refractivity contribution in [3.05, 3.63) is 33.1 Å². The molecule has 2 rings (SSSR count). The Bertz CT molecular complexity index is 394. The highest BCUT2D eigenvalue weighted by Gasteiger charge is 2.01. The van der Waals surface area contributed by atoms with Crippen molar-refractivity contribution < 1.29 is 4.42 Å². The van der Waals surface area contributed by atoms with Crippen LogP contribution >= 0.6 is 34.2 Å². The fourth-order valence-electron chi connectivity index (χ4n) is 0.970. The van der Waals surface area contributed by atoms with Gasteiger partial charge in [0.15, 0.2) is 0 Å². The van der Waals surface area contributed by atoms with E-state index in [4.69, 9.17) is 16.0 Å². The van der Waals surface area contributed by atoms with Gasteiger partial charge in [0.2, 0.25) is 0 Å². The summed E-state index contributed by atoms with van der Waals surface area (Å²) >= 11 is 7.99. The van der Waals surface area contributed by atoms with Crippen molar-refractivity contribution in [1.29, 1.82) is 0 Å². The predicted octanol–water partition coefficient (Wildman–Crippen LogP) is 3.69. The second-order valence-corrected chi connectivity index (χ2v) is 3.82. The van der Waals surface area contributed by atoms with Gasteiger partial charge in [-0.05, 0) is 34.7 Å². The molecule has 0 N–H and O–H groups in total. The molecule has 0 amide bonds. The highest BCUT2D eigenvalue weighted by atomic mass is 127. The van der Waals surface area contributed by atoms with Gasteiger partial charge in [-0.2, -0.15) is 0 Å². The molecule has 0 saturated carbocycles. The Morgan fingerprint density at radius 3 is 3.00 bits per heavy atom. The molecule has 0 spiro atoms. The van der Waals surface area contributed by atoms with Crippen molar-refractivity contribution in [1.82, 2.24) is 0 Å². The predicted molar refractivity (Wildman–Crippen MR) is 53.9 cm³/mol. The van der Waals surface area contributed by atoms with Gasteiger partial charge in [-0.1, -0.05) is 11.6 Å². The smallest absolute Gasteiger partial charge is 0.136 e. The van der Waals surface area contributed by atoms with Crippen molar-refractivity contribution in [2.45, 2.75) is 0 Å². The quantitative estimate of drug-likeness (QED) is 0.670. The summed E-state index contributed by atoms with van der Waals surface area (Å²) in [5.74, 6) is 0. The zero-order valence-electron chi connectivity index (χ0n) is 5.47. The molecule has 0 bridgehead atoms. The highest BCUT2D eigenvalue weighted by molar-refractivity contribution is 14.1. The maximum Gasteiger partial charge on any atom is 0.136 e. The first-order valence-corrected chi connectivity index (χ1v) is 4.55. The van der Waals surface area contributed by atoms with E-state index in [-0.39, 0.29) is 0 Å². The molecule has 0 aliphatic rings. The van der Waals surface area contributed by atoms with Gasteiger partial charge in [-0.3, -0.25) is 0 Å². The summed E-state index contributed by atoms with van der Waals surface area (Å²) in [6, 6.07) is 5.64. The van der Waals surface area contributed by atoms with E-state index in [1.807, 2.05) is 18.2 Å². The lowest BCUT2D eigenvalue weighted by Crippen LogP contribution is -1.66. The van der Waals surface area contributed by atoms with Gasteiger partial charge in [-0.25, -0.2) is 0 Å². The Labute approximate surface area is 82.5 Å². The molecule has 1 nitrogen and oxygen atoms in total. The SMILES string of the molecule is Clc1ccc2c(I)coc2c1. The number of halogens is 2. The summed E-state index contributed by atoms with van der Waals surface area (Å²) in [6.07, 6.45) is 1.72. The van der Waals surface area contributed by atoms with Crippen LogP contribution in [0.15, 0.2) is 28.9 Å². The van der Waals surface area contributed by atoms with Crippen molar-refractivity contribution in [3.8, 4) is 0 Å².